The van der Waals surface area contributed by atoms with Crippen LogP contribution < -0.4 is 54.0 Å². The number of hydrogen-bond acceptors (Lipinski definition) is 17. The molecule has 0 saturated carbocycles. The Morgan fingerprint density at radius 3 is 1.69 bits per heavy atom. The zero-order chi connectivity index (χ0) is 53.5. The average Bonchev–Trinajstić information content (AvgIpc) is 3.84. The minimum atomic E-state index is -1.79. The number of rotatable bonds is 29. The molecule has 10 amide bonds. The lowest BCUT2D eigenvalue weighted by molar-refractivity contribution is -0.150. The van der Waals surface area contributed by atoms with Gasteiger partial charge in [0.05, 0.1) is 38.2 Å². The third-order valence-corrected chi connectivity index (χ3v) is 11.8. The second-order valence-electron chi connectivity index (χ2n) is 17.1. The number of hydrogen-bond donors (Lipinski definition) is 15. The molecule has 2 aliphatic heterocycles. The van der Waals surface area contributed by atoms with E-state index >= 15 is 0 Å². The molecule has 2 saturated heterocycles. The van der Waals surface area contributed by atoms with Gasteiger partial charge in [-0.05, 0) is 57.8 Å². The molecule has 0 spiro atoms. The summed E-state index contributed by atoms with van der Waals surface area (Å²) in [5.41, 5.74) is 11.4. The zero-order valence-electron chi connectivity index (χ0n) is 40.0. The molecule has 29 heteroatoms. The molecule has 29 nitrogen and oxygen atoms in total. The van der Waals surface area contributed by atoms with Crippen LogP contribution in [0.15, 0.2) is 0 Å². The van der Waals surface area contributed by atoms with Crippen LogP contribution in [-0.4, -0.2) is 213 Å². The van der Waals surface area contributed by atoms with Crippen LogP contribution in [0.3, 0.4) is 0 Å². The maximum absolute atomic E-state index is 13.4. The summed E-state index contributed by atoms with van der Waals surface area (Å²) in [6.07, 6.45) is -0.737. The summed E-state index contributed by atoms with van der Waals surface area (Å²) in [5, 5.41) is 66.2. The van der Waals surface area contributed by atoms with Gasteiger partial charge in [0, 0.05) is 32.8 Å². The summed E-state index contributed by atoms with van der Waals surface area (Å²) in [5.74, 6) is -12.3. The molecule has 0 aromatic carbocycles. The molecule has 2 heterocycles. The molecule has 2 rings (SSSR count). The lowest BCUT2D eigenvalue weighted by Gasteiger charge is -2.37. The number of nitrogens with zero attached hydrogens (tertiary/aromatic N) is 2. The third-order valence-electron chi connectivity index (χ3n) is 11.8. The highest BCUT2D eigenvalue weighted by atomic mass is 16.4. The molecule has 0 aromatic heterocycles. The van der Waals surface area contributed by atoms with Crippen molar-refractivity contribution in [2.45, 2.75) is 133 Å². The van der Waals surface area contributed by atoms with Gasteiger partial charge in [-0.25, -0.2) is 4.79 Å². The monoisotopic (exact) mass is 1010 g/mol. The number of amides is 10. The molecule has 0 aliphatic carbocycles. The molecule has 0 aromatic rings. The number of aliphatic carboxylic acids is 2. The van der Waals surface area contributed by atoms with E-state index in [2.05, 4.69) is 42.5 Å². The van der Waals surface area contributed by atoms with E-state index in [4.69, 9.17) is 16.6 Å². The van der Waals surface area contributed by atoms with Gasteiger partial charge in [-0.1, -0.05) is 20.3 Å². The summed E-state index contributed by atoms with van der Waals surface area (Å²) in [6, 6.07) is -10.7. The molecule has 0 unspecified atom stereocenters. The summed E-state index contributed by atoms with van der Waals surface area (Å²) >= 11 is 0. The van der Waals surface area contributed by atoms with E-state index in [1.54, 1.807) is 13.8 Å². The summed E-state index contributed by atoms with van der Waals surface area (Å²) < 4.78 is 0. The average molecular weight is 1020 g/mol. The summed E-state index contributed by atoms with van der Waals surface area (Å²) in [4.78, 5) is 156. The van der Waals surface area contributed by atoms with Crippen LogP contribution in [-0.2, 0) is 57.5 Å². The number of nitrogens with one attached hydrogen (secondary N) is 8. The van der Waals surface area contributed by atoms with Crippen molar-refractivity contribution >= 4 is 71.0 Å². The van der Waals surface area contributed by atoms with E-state index in [-0.39, 0.29) is 45.5 Å². The van der Waals surface area contributed by atoms with Crippen molar-refractivity contribution in [1.82, 2.24) is 52.3 Å². The highest BCUT2D eigenvalue weighted by Crippen LogP contribution is 2.22. The fraction of sp³-hybridized carbons (Fsp3) is 0.714. The summed E-state index contributed by atoms with van der Waals surface area (Å²) in [6.45, 7) is 0.958. The lowest BCUT2D eigenvalue weighted by Crippen LogP contribution is -2.61. The first-order valence-electron chi connectivity index (χ1n) is 23.2. The van der Waals surface area contributed by atoms with Crippen LogP contribution in [0.4, 0.5) is 0 Å². The van der Waals surface area contributed by atoms with E-state index in [0.717, 1.165) is 4.90 Å². The van der Waals surface area contributed by atoms with Crippen molar-refractivity contribution < 1.29 is 83.1 Å². The van der Waals surface area contributed by atoms with E-state index in [9.17, 15) is 78.0 Å². The summed E-state index contributed by atoms with van der Waals surface area (Å²) in [7, 11) is 0. The van der Waals surface area contributed by atoms with Crippen LogP contribution in [0, 0.1) is 5.92 Å². The second-order valence-corrected chi connectivity index (χ2v) is 17.1. The fourth-order valence-corrected chi connectivity index (χ4v) is 7.60. The van der Waals surface area contributed by atoms with E-state index in [1.807, 2.05) is 0 Å². The number of aliphatic hydroxyl groups is 3. The smallest absolute Gasteiger partial charge is 0.326 e. The van der Waals surface area contributed by atoms with Crippen LogP contribution in [0.5, 0.6) is 0 Å². The minimum Gasteiger partial charge on any atom is -0.481 e. The number of carbonyl (C=O) groups is 12. The number of carboxylic acid groups (broad SMARTS) is 2. The predicted molar refractivity (Wildman–Crippen MR) is 244 cm³/mol. The Morgan fingerprint density at radius 1 is 0.606 bits per heavy atom. The normalized spacial score (nSPS) is 18.9. The quantitative estimate of drug-likeness (QED) is 0.0331. The second kappa shape index (κ2) is 30.2. The Labute approximate surface area is 408 Å². The molecule has 2 fully saturated rings. The van der Waals surface area contributed by atoms with E-state index < -0.39 is 170 Å². The van der Waals surface area contributed by atoms with E-state index in [0.29, 0.717) is 25.7 Å². The SMILES string of the molecule is CC[C@H](C)[C@H](NC(=O)[C@@H](NC(=O)CNC(=O)[C@H](CCO)NC(=O)CNC(=O)[C@H](CC(=O)O)NC(=O)CNC(=O)[C@@H]1CCCCN1C(=O)[C@H](CN)NC(=O)[C@@H](N)CCO)[C@@H](C)O)C(=O)N1CCC[C@H]1C(=O)O. The first kappa shape index (κ1) is 60.6. The van der Waals surface area contributed by atoms with Gasteiger partial charge in [0.2, 0.25) is 59.1 Å². The lowest BCUT2D eigenvalue weighted by atomic mass is 9.96. The third kappa shape index (κ3) is 19.3. The molecule has 400 valence electrons. The largest absolute Gasteiger partial charge is 0.481 e. The van der Waals surface area contributed by atoms with Gasteiger partial charge in [0.15, 0.2) is 0 Å². The Hall–Kier alpha value is -6.56. The molecule has 17 N–H and O–H groups in total. The van der Waals surface area contributed by atoms with Crippen molar-refractivity contribution in [1.29, 1.82) is 0 Å². The number of likely N-dealkylation sites (tertiary alicyclic amines) is 2. The van der Waals surface area contributed by atoms with Gasteiger partial charge in [-0.15, -0.1) is 0 Å². The van der Waals surface area contributed by atoms with Crippen LogP contribution in [0.1, 0.15) is 78.6 Å². The Morgan fingerprint density at radius 2 is 1.14 bits per heavy atom. The van der Waals surface area contributed by atoms with Crippen LogP contribution >= 0.6 is 0 Å². The molecule has 10 atom stereocenters. The maximum atomic E-state index is 13.4. The number of nitrogens with two attached hydrogens (primary N) is 2. The Kier molecular flexibility index (Phi) is 25.8. The highest BCUT2D eigenvalue weighted by molar-refractivity contribution is 5.98. The van der Waals surface area contributed by atoms with Crippen molar-refractivity contribution in [2.24, 2.45) is 17.4 Å². The predicted octanol–water partition coefficient (Wildman–Crippen LogP) is -7.83. The number of piperidine rings is 1. The molecular weight excluding hydrogens is 945 g/mol. The number of aliphatic hydroxyl groups excluding tert-OH is 3. The molecule has 0 radical (unpaired) electrons. The van der Waals surface area contributed by atoms with E-state index in [1.165, 1.54) is 11.8 Å². The van der Waals surface area contributed by atoms with Gasteiger partial charge in [-0.3, -0.25) is 52.7 Å². The Bertz CT molecular complexity index is 1920. The number of carbonyl (C=O) groups excluding carboxylic acids is 10. The first-order chi connectivity index (χ1) is 33.5. The van der Waals surface area contributed by atoms with Crippen molar-refractivity contribution in [3.05, 3.63) is 0 Å². The minimum absolute atomic E-state index is 0.0781. The van der Waals surface area contributed by atoms with Crippen molar-refractivity contribution in [2.75, 3.05) is 52.5 Å². The molecule has 2 aliphatic rings. The van der Waals surface area contributed by atoms with Gasteiger partial charge >= 0.3 is 11.9 Å². The zero-order valence-corrected chi connectivity index (χ0v) is 40.0. The topological polar surface area (TPSA) is 461 Å². The molecule has 0 bridgehead atoms. The Balaban J connectivity index is 1.98. The van der Waals surface area contributed by atoms with Gasteiger partial charge in [-0.2, -0.15) is 0 Å². The fourth-order valence-electron chi connectivity index (χ4n) is 7.60. The number of carboxylic acids is 2. The first-order valence-corrected chi connectivity index (χ1v) is 23.2. The molecular formula is C42H70N12O17. The standard InChI is InChI=1S/C42H70N12O17/c1-4-21(2)33(41(69)54-13-7-9-28(54)42(70)71)52-39(67)34(22(3)57)51-31(60)20-45-36(64)24(11-15-56)48-29(58)18-46-37(65)25(16-32(61)62)49-30(59)19-47-38(66)27-8-5-6-12-53(27)40(68)26(17-43)50-35(63)23(44)10-14-55/h21-28,33-34,55-57H,4-20,43-44H2,1-3H3,(H,45,64)(H,46,65)(H,47,66)(H,48,58)(H,49,59)(H,50,63)(H,51,60)(H,52,67)(H,61,62)(H,70,71)/t21-,22+,23-,24-,25-,26-,27-,28-,33-,34-/m0/s1. The van der Waals surface area contributed by atoms with Gasteiger partial charge in [0.25, 0.3) is 0 Å². The van der Waals surface area contributed by atoms with Crippen molar-refractivity contribution in [3.63, 3.8) is 0 Å². The van der Waals surface area contributed by atoms with Crippen molar-refractivity contribution in [3.8, 4) is 0 Å². The maximum Gasteiger partial charge on any atom is 0.326 e. The molecule has 71 heavy (non-hydrogen) atoms. The van der Waals surface area contributed by atoms with Gasteiger partial charge in [0.1, 0.15) is 42.3 Å². The van der Waals surface area contributed by atoms with Gasteiger partial charge < -0.3 is 89.3 Å². The highest BCUT2D eigenvalue weighted by Gasteiger charge is 2.41. The van der Waals surface area contributed by atoms with Crippen LogP contribution in [0.25, 0.3) is 0 Å². The van der Waals surface area contributed by atoms with Crippen LogP contribution in [0.2, 0.25) is 0 Å².